The standard InChI is InChI=1S/C18H19BrN2O3/c1-11-8-9-14(10-15(11)19)18(23)21-20-17(22)13(3)24-16-7-5-4-6-12(16)2/h4-10,13H,1-3H3,(H,20,22)(H,21,23). The minimum Gasteiger partial charge on any atom is -0.481 e. The third-order valence-electron chi connectivity index (χ3n) is 3.50. The molecule has 6 heteroatoms. The van der Waals surface area contributed by atoms with Crippen molar-refractivity contribution in [3.8, 4) is 5.75 Å². The van der Waals surface area contributed by atoms with Crippen molar-refractivity contribution < 1.29 is 14.3 Å². The number of amides is 2. The van der Waals surface area contributed by atoms with Gasteiger partial charge in [0.25, 0.3) is 11.8 Å². The molecule has 0 aliphatic carbocycles. The summed E-state index contributed by atoms with van der Waals surface area (Å²) in [5.41, 5.74) is 7.17. The fourth-order valence-corrected chi connectivity index (χ4v) is 2.34. The molecule has 1 unspecified atom stereocenters. The molecule has 1 atom stereocenters. The van der Waals surface area contributed by atoms with E-state index in [9.17, 15) is 9.59 Å². The number of nitrogens with one attached hydrogen (secondary N) is 2. The lowest BCUT2D eigenvalue weighted by atomic mass is 10.1. The van der Waals surface area contributed by atoms with Crippen molar-refractivity contribution in [2.75, 3.05) is 0 Å². The van der Waals surface area contributed by atoms with Crippen LogP contribution < -0.4 is 15.6 Å². The Bertz CT molecular complexity index is 762. The van der Waals surface area contributed by atoms with Crippen LogP contribution in [0.15, 0.2) is 46.9 Å². The Hall–Kier alpha value is -2.34. The first-order valence-electron chi connectivity index (χ1n) is 7.47. The molecule has 2 N–H and O–H groups in total. The average Bonchev–Trinajstić information content (AvgIpc) is 2.56. The van der Waals surface area contributed by atoms with E-state index in [2.05, 4.69) is 26.8 Å². The van der Waals surface area contributed by atoms with Gasteiger partial charge in [-0.25, -0.2) is 0 Å². The number of hydrogen-bond acceptors (Lipinski definition) is 3. The van der Waals surface area contributed by atoms with Crippen LogP contribution in [0.3, 0.4) is 0 Å². The van der Waals surface area contributed by atoms with Gasteiger partial charge in [-0.1, -0.05) is 40.2 Å². The highest BCUT2D eigenvalue weighted by Gasteiger charge is 2.16. The molecular weight excluding hydrogens is 372 g/mol. The lowest BCUT2D eigenvalue weighted by Crippen LogP contribution is -2.47. The summed E-state index contributed by atoms with van der Waals surface area (Å²) in [6.07, 6.45) is -0.740. The quantitative estimate of drug-likeness (QED) is 0.786. The maximum absolute atomic E-state index is 12.1. The zero-order valence-electron chi connectivity index (χ0n) is 13.7. The van der Waals surface area contributed by atoms with E-state index in [4.69, 9.17) is 4.74 Å². The molecule has 0 aliphatic rings. The topological polar surface area (TPSA) is 67.4 Å². The van der Waals surface area contributed by atoms with Crippen LogP contribution in [0.5, 0.6) is 5.75 Å². The molecule has 0 aliphatic heterocycles. The molecule has 0 saturated carbocycles. The second-order valence-electron chi connectivity index (χ2n) is 5.43. The molecular formula is C18H19BrN2O3. The second-order valence-corrected chi connectivity index (χ2v) is 6.29. The van der Waals surface area contributed by atoms with Gasteiger partial charge in [0.05, 0.1) is 0 Å². The van der Waals surface area contributed by atoms with E-state index >= 15 is 0 Å². The highest BCUT2D eigenvalue weighted by atomic mass is 79.9. The van der Waals surface area contributed by atoms with Crippen molar-refractivity contribution in [3.05, 3.63) is 63.6 Å². The summed E-state index contributed by atoms with van der Waals surface area (Å²) in [6.45, 7) is 5.45. The van der Waals surface area contributed by atoms with Crippen LogP contribution in [0.2, 0.25) is 0 Å². The number of ether oxygens (including phenoxy) is 1. The van der Waals surface area contributed by atoms with Crippen molar-refractivity contribution in [2.24, 2.45) is 0 Å². The summed E-state index contributed by atoms with van der Waals surface area (Å²) in [7, 11) is 0. The van der Waals surface area contributed by atoms with E-state index in [0.717, 1.165) is 15.6 Å². The van der Waals surface area contributed by atoms with Gasteiger partial charge >= 0.3 is 0 Å². The number of rotatable bonds is 4. The van der Waals surface area contributed by atoms with E-state index in [1.54, 1.807) is 25.1 Å². The molecule has 0 fully saturated rings. The Morgan fingerprint density at radius 1 is 1.04 bits per heavy atom. The number of hydrogen-bond donors (Lipinski definition) is 2. The molecule has 2 amide bonds. The predicted octanol–water partition coefficient (Wildman–Crippen LogP) is 3.29. The monoisotopic (exact) mass is 390 g/mol. The Labute approximate surface area is 149 Å². The highest BCUT2D eigenvalue weighted by molar-refractivity contribution is 9.10. The van der Waals surface area contributed by atoms with Gasteiger partial charge in [-0.3, -0.25) is 20.4 Å². The van der Waals surface area contributed by atoms with Gasteiger partial charge in [0.15, 0.2) is 6.10 Å². The molecule has 0 spiro atoms. The molecule has 2 aromatic carbocycles. The Morgan fingerprint density at radius 2 is 1.75 bits per heavy atom. The maximum Gasteiger partial charge on any atom is 0.279 e. The summed E-state index contributed by atoms with van der Waals surface area (Å²) in [5, 5.41) is 0. The van der Waals surface area contributed by atoms with Crippen LogP contribution >= 0.6 is 15.9 Å². The van der Waals surface area contributed by atoms with Crippen molar-refractivity contribution in [1.29, 1.82) is 0 Å². The van der Waals surface area contributed by atoms with Crippen LogP contribution in [-0.4, -0.2) is 17.9 Å². The van der Waals surface area contributed by atoms with E-state index < -0.39 is 17.9 Å². The number of halogens is 1. The molecule has 0 bridgehead atoms. The largest absolute Gasteiger partial charge is 0.481 e. The highest BCUT2D eigenvalue weighted by Crippen LogP contribution is 2.18. The van der Waals surface area contributed by atoms with Crippen LogP contribution in [-0.2, 0) is 4.79 Å². The molecule has 0 aromatic heterocycles. The van der Waals surface area contributed by atoms with Crippen LogP contribution in [0.1, 0.15) is 28.4 Å². The summed E-state index contributed by atoms with van der Waals surface area (Å²) >= 11 is 3.37. The Kier molecular flexibility index (Phi) is 5.98. The summed E-state index contributed by atoms with van der Waals surface area (Å²) < 4.78 is 6.44. The van der Waals surface area contributed by atoms with Gasteiger partial charge in [0.1, 0.15) is 5.75 Å². The fraction of sp³-hybridized carbons (Fsp3) is 0.222. The van der Waals surface area contributed by atoms with Crippen LogP contribution in [0.4, 0.5) is 0 Å². The van der Waals surface area contributed by atoms with Crippen molar-refractivity contribution in [1.82, 2.24) is 10.9 Å². The first-order chi connectivity index (χ1) is 11.4. The minimum atomic E-state index is -0.740. The smallest absolute Gasteiger partial charge is 0.279 e. The van der Waals surface area contributed by atoms with Gasteiger partial charge in [0.2, 0.25) is 0 Å². The normalized spacial score (nSPS) is 11.5. The molecule has 0 radical (unpaired) electrons. The number of hydrazine groups is 1. The second kappa shape index (κ2) is 7.97. The number of benzene rings is 2. The Morgan fingerprint density at radius 3 is 2.42 bits per heavy atom. The average molecular weight is 391 g/mol. The summed E-state index contributed by atoms with van der Waals surface area (Å²) in [6, 6.07) is 12.6. The van der Waals surface area contributed by atoms with Crippen molar-refractivity contribution >= 4 is 27.7 Å². The molecule has 24 heavy (non-hydrogen) atoms. The van der Waals surface area contributed by atoms with Gasteiger partial charge in [-0.2, -0.15) is 0 Å². The van der Waals surface area contributed by atoms with Gasteiger partial charge < -0.3 is 4.74 Å². The fourth-order valence-electron chi connectivity index (χ4n) is 1.96. The molecule has 0 saturated heterocycles. The zero-order valence-corrected chi connectivity index (χ0v) is 15.3. The van der Waals surface area contributed by atoms with E-state index in [-0.39, 0.29) is 0 Å². The number of aryl methyl sites for hydroxylation is 2. The van der Waals surface area contributed by atoms with E-state index in [0.29, 0.717) is 11.3 Å². The van der Waals surface area contributed by atoms with E-state index in [1.807, 2.05) is 38.1 Å². The third-order valence-corrected chi connectivity index (χ3v) is 4.35. The molecule has 0 heterocycles. The summed E-state index contributed by atoms with van der Waals surface area (Å²) in [5.74, 6) is -0.195. The first kappa shape index (κ1) is 18.0. The number of carbonyl (C=O) groups excluding carboxylic acids is 2. The molecule has 2 aromatic rings. The predicted molar refractivity (Wildman–Crippen MR) is 95.8 cm³/mol. The lowest BCUT2D eigenvalue weighted by Gasteiger charge is -2.16. The van der Waals surface area contributed by atoms with Crippen molar-refractivity contribution in [2.45, 2.75) is 26.9 Å². The third kappa shape index (κ3) is 4.58. The van der Waals surface area contributed by atoms with Gasteiger partial charge in [-0.15, -0.1) is 0 Å². The van der Waals surface area contributed by atoms with Gasteiger partial charge in [-0.05, 0) is 50.1 Å². The van der Waals surface area contributed by atoms with Crippen molar-refractivity contribution in [3.63, 3.8) is 0 Å². The molecule has 5 nitrogen and oxygen atoms in total. The Balaban J connectivity index is 1.91. The van der Waals surface area contributed by atoms with Crippen LogP contribution in [0, 0.1) is 13.8 Å². The van der Waals surface area contributed by atoms with Gasteiger partial charge in [0, 0.05) is 10.0 Å². The SMILES string of the molecule is Cc1ccc(C(=O)NNC(=O)C(C)Oc2ccccc2C)cc1Br. The number of para-hydroxylation sites is 1. The number of carbonyl (C=O) groups is 2. The first-order valence-corrected chi connectivity index (χ1v) is 8.26. The lowest BCUT2D eigenvalue weighted by molar-refractivity contribution is -0.128. The van der Waals surface area contributed by atoms with Crippen LogP contribution in [0.25, 0.3) is 0 Å². The molecule has 126 valence electrons. The van der Waals surface area contributed by atoms with E-state index in [1.165, 1.54) is 0 Å². The maximum atomic E-state index is 12.1. The summed E-state index contributed by atoms with van der Waals surface area (Å²) in [4.78, 5) is 24.1. The molecule has 2 rings (SSSR count). The minimum absolute atomic E-state index is 0.396. The zero-order chi connectivity index (χ0) is 17.7.